The zero-order valence-electron chi connectivity index (χ0n) is 11.0. The van der Waals surface area contributed by atoms with Gasteiger partial charge in [-0.1, -0.05) is 11.6 Å². The quantitative estimate of drug-likeness (QED) is 0.852. The van der Waals surface area contributed by atoms with Crippen LogP contribution in [-0.4, -0.2) is 28.5 Å². The number of nitrogens with two attached hydrogens (primary N) is 1. The largest absolute Gasteiger partial charge is 0.377 e. The summed E-state index contributed by atoms with van der Waals surface area (Å²) in [6, 6.07) is -0.0451. The summed E-state index contributed by atoms with van der Waals surface area (Å²) in [5, 5.41) is 5.09. The van der Waals surface area contributed by atoms with E-state index in [1.807, 2.05) is 32.4 Å². The number of halogens is 1. The highest BCUT2D eigenvalue weighted by Gasteiger charge is 2.16. The van der Waals surface area contributed by atoms with Crippen molar-refractivity contribution in [2.45, 2.75) is 52.8 Å². The Bertz CT molecular complexity index is 363. The molecule has 0 aliphatic heterocycles. The average Bonchev–Trinajstić information content (AvgIpc) is 2.54. The summed E-state index contributed by atoms with van der Waals surface area (Å²) >= 11 is 6.22. The van der Waals surface area contributed by atoms with Crippen LogP contribution in [0.2, 0.25) is 5.02 Å². The third kappa shape index (κ3) is 3.98. The van der Waals surface area contributed by atoms with Crippen molar-refractivity contribution in [1.29, 1.82) is 0 Å². The summed E-state index contributed by atoms with van der Waals surface area (Å²) in [5.41, 5.74) is 7.90. The molecule has 2 N–H and O–H groups in total. The highest BCUT2D eigenvalue weighted by Crippen LogP contribution is 2.21. The minimum absolute atomic E-state index is 0.0451. The summed E-state index contributed by atoms with van der Waals surface area (Å²) in [6.07, 6.45) is 0.898. The molecular formula is C12H22ClN3O. The molecule has 0 bridgehead atoms. The molecule has 1 unspecified atom stereocenters. The van der Waals surface area contributed by atoms with Gasteiger partial charge in [-0.3, -0.25) is 4.68 Å². The maximum atomic E-state index is 6.22. The van der Waals surface area contributed by atoms with E-state index in [9.17, 15) is 0 Å². The predicted molar refractivity (Wildman–Crippen MR) is 70.4 cm³/mol. The first-order valence-corrected chi connectivity index (χ1v) is 6.42. The van der Waals surface area contributed by atoms with E-state index in [-0.39, 0.29) is 12.1 Å². The van der Waals surface area contributed by atoms with Crippen molar-refractivity contribution >= 4 is 11.6 Å². The first-order chi connectivity index (χ1) is 7.95. The van der Waals surface area contributed by atoms with Gasteiger partial charge in [0.2, 0.25) is 0 Å². The molecule has 98 valence electrons. The van der Waals surface area contributed by atoms with Gasteiger partial charge in [-0.05, 0) is 27.7 Å². The van der Waals surface area contributed by atoms with Crippen LogP contribution < -0.4 is 5.73 Å². The van der Waals surface area contributed by atoms with Crippen LogP contribution in [0.25, 0.3) is 0 Å². The van der Waals surface area contributed by atoms with Gasteiger partial charge in [0, 0.05) is 19.0 Å². The second-order valence-corrected chi connectivity index (χ2v) is 4.89. The highest BCUT2D eigenvalue weighted by molar-refractivity contribution is 6.31. The molecule has 0 saturated heterocycles. The van der Waals surface area contributed by atoms with Gasteiger partial charge in [0.1, 0.15) is 0 Å². The summed E-state index contributed by atoms with van der Waals surface area (Å²) in [7, 11) is 0. The first-order valence-electron chi connectivity index (χ1n) is 6.04. The van der Waals surface area contributed by atoms with Crippen molar-refractivity contribution in [3.8, 4) is 0 Å². The van der Waals surface area contributed by atoms with Gasteiger partial charge in [-0.2, -0.15) is 5.10 Å². The molecule has 1 aromatic heterocycles. The minimum atomic E-state index is -0.0451. The molecule has 1 heterocycles. The number of aromatic nitrogens is 2. The van der Waals surface area contributed by atoms with E-state index < -0.39 is 0 Å². The Balaban J connectivity index is 2.67. The summed E-state index contributed by atoms with van der Waals surface area (Å²) < 4.78 is 7.41. The van der Waals surface area contributed by atoms with E-state index in [1.54, 1.807) is 0 Å². The molecule has 0 fully saturated rings. The molecule has 0 amide bonds. The van der Waals surface area contributed by atoms with Crippen molar-refractivity contribution in [2.75, 3.05) is 6.61 Å². The van der Waals surface area contributed by atoms with Crippen LogP contribution in [0.5, 0.6) is 0 Å². The fourth-order valence-corrected chi connectivity index (χ4v) is 1.90. The molecule has 0 spiro atoms. The summed E-state index contributed by atoms with van der Waals surface area (Å²) in [5.74, 6) is 0. The van der Waals surface area contributed by atoms with Crippen LogP contribution in [-0.2, 0) is 17.7 Å². The van der Waals surface area contributed by atoms with Gasteiger partial charge in [0.25, 0.3) is 0 Å². The zero-order chi connectivity index (χ0) is 13.0. The Morgan fingerprint density at radius 3 is 2.65 bits per heavy atom. The fourth-order valence-electron chi connectivity index (χ4n) is 1.69. The number of hydrogen-bond donors (Lipinski definition) is 1. The Morgan fingerprint density at radius 1 is 1.47 bits per heavy atom. The predicted octanol–water partition coefficient (Wildman–Crippen LogP) is 2.16. The lowest BCUT2D eigenvalue weighted by Crippen LogP contribution is -2.31. The number of nitrogens with zero attached hydrogens (tertiary/aromatic N) is 2. The Hall–Kier alpha value is -0.580. The van der Waals surface area contributed by atoms with Gasteiger partial charge < -0.3 is 10.5 Å². The first kappa shape index (κ1) is 14.5. The topological polar surface area (TPSA) is 53.1 Å². The van der Waals surface area contributed by atoms with Crippen LogP contribution >= 0.6 is 11.6 Å². The minimum Gasteiger partial charge on any atom is -0.377 e. The van der Waals surface area contributed by atoms with E-state index in [0.717, 1.165) is 23.0 Å². The number of aryl methyl sites for hydroxylation is 2. The van der Waals surface area contributed by atoms with E-state index >= 15 is 0 Å². The van der Waals surface area contributed by atoms with Gasteiger partial charge in [0.05, 0.1) is 29.1 Å². The normalized spacial score (nSPS) is 13.4. The van der Waals surface area contributed by atoms with Crippen molar-refractivity contribution in [3.05, 3.63) is 16.4 Å². The lowest BCUT2D eigenvalue weighted by Gasteiger charge is -2.15. The van der Waals surface area contributed by atoms with Crippen molar-refractivity contribution in [1.82, 2.24) is 9.78 Å². The van der Waals surface area contributed by atoms with Gasteiger partial charge >= 0.3 is 0 Å². The molecule has 0 aliphatic rings. The maximum Gasteiger partial charge on any atom is 0.0847 e. The zero-order valence-corrected chi connectivity index (χ0v) is 11.8. The second-order valence-electron chi connectivity index (χ2n) is 4.51. The molecule has 0 aromatic carbocycles. The van der Waals surface area contributed by atoms with E-state index in [0.29, 0.717) is 13.0 Å². The van der Waals surface area contributed by atoms with Crippen molar-refractivity contribution < 1.29 is 4.74 Å². The molecule has 4 nitrogen and oxygen atoms in total. The molecule has 1 rings (SSSR count). The molecule has 0 saturated carbocycles. The van der Waals surface area contributed by atoms with Crippen molar-refractivity contribution in [3.63, 3.8) is 0 Å². The Kier molecular flexibility index (Phi) is 5.43. The third-order valence-corrected chi connectivity index (χ3v) is 3.04. The monoisotopic (exact) mass is 259 g/mol. The molecule has 5 heteroatoms. The molecule has 1 aromatic rings. The van der Waals surface area contributed by atoms with Gasteiger partial charge in [-0.15, -0.1) is 0 Å². The molecule has 0 radical (unpaired) electrons. The van der Waals surface area contributed by atoms with Gasteiger partial charge in [-0.25, -0.2) is 0 Å². The smallest absolute Gasteiger partial charge is 0.0847 e. The molecule has 0 aliphatic carbocycles. The number of hydrogen-bond acceptors (Lipinski definition) is 3. The summed E-state index contributed by atoms with van der Waals surface area (Å²) in [4.78, 5) is 0. The van der Waals surface area contributed by atoms with Crippen LogP contribution in [0.1, 0.15) is 32.2 Å². The summed E-state index contributed by atoms with van der Waals surface area (Å²) in [6.45, 7) is 9.30. The lowest BCUT2D eigenvalue weighted by atomic mass is 10.1. The van der Waals surface area contributed by atoms with E-state index in [4.69, 9.17) is 22.1 Å². The molecule has 1 atom stereocenters. The Morgan fingerprint density at radius 2 is 2.12 bits per heavy atom. The van der Waals surface area contributed by atoms with E-state index in [2.05, 4.69) is 5.10 Å². The standard InChI is InChI=1S/C12H22ClN3O/c1-5-16-11(12(13)9(4)15-16)6-10(14)7-17-8(2)3/h8,10H,5-7,14H2,1-4H3. The number of ether oxygens (including phenoxy) is 1. The maximum absolute atomic E-state index is 6.22. The SMILES string of the molecule is CCn1nc(C)c(Cl)c1CC(N)COC(C)C. The second kappa shape index (κ2) is 6.38. The van der Waals surface area contributed by atoms with Gasteiger partial charge in [0.15, 0.2) is 0 Å². The van der Waals surface area contributed by atoms with Crippen molar-refractivity contribution in [2.24, 2.45) is 5.73 Å². The highest BCUT2D eigenvalue weighted by atomic mass is 35.5. The number of rotatable bonds is 6. The fraction of sp³-hybridized carbons (Fsp3) is 0.750. The van der Waals surface area contributed by atoms with Crippen LogP contribution in [0.4, 0.5) is 0 Å². The van der Waals surface area contributed by atoms with E-state index in [1.165, 1.54) is 0 Å². The lowest BCUT2D eigenvalue weighted by molar-refractivity contribution is 0.0681. The molecular weight excluding hydrogens is 238 g/mol. The average molecular weight is 260 g/mol. The third-order valence-electron chi connectivity index (χ3n) is 2.55. The Labute approximate surface area is 108 Å². The van der Waals surface area contributed by atoms with Crippen LogP contribution in [0.15, 0.2) is 0 Å². The van der Waals surface area contributed by atoms with Crippen LogP contribution in [0, 0.1) is 6.92 Å². The van der Waals surface area contributed by atoms with Crippen LogP contribution in [0.3, 0.4) is 0 Å². The molecule has 17 heavy (non-hydrogen) atoms.